The van der Waals surface area contributed by atoms with Crippen molar-refractivity contribution in [2.75, 3.05) is 20.3 Å². The van der Waals surface area contributed by atoms with E-state index in [-0.39, 0.29) is 6.04 Å². The SMILES string of the molecule is COCc1ccc(-c2nc(C(F)(F)F)cn2C2COC2)cc1. The fourth-order valence-corrected chi connectivity index (χ4v) is 2.32. The van der Waals surface area contributed by atoms with Gasteiger partial charge in [0.15, 0.2) is 5.69 Å². The van der Waals surface area contributed by atoms with Crippen LogP contribution in [-0.4, -0.2) is 29.9 Å². The molecule has 118 valence electrons. The van der Waals surface area contributed by atoms with Crippen LogP contribution < -0.4 is 0 Å². The lowest BCUT2D eigenvalue weighted by molar-refractivity contribution is -0.141. The van der Waals surface area contributed by atoms with Gasteiger partial charge in [-0.3, -0.25) is 0 Å². The summed E-state index contributed by atoms with van der Waals surface area (Å²) < 4.78 is 50.4. The van der Waals surface area contributed by atoms with Gasteiger partial charge in [-0.15, -0.1) is 0 Å². The third-order valence-corrected chi connectivity index (χ3v) is 3.56. The van der Waals surface area contributed by atoms with Crippen LogP contribution >= 0.6 is 0 Å². The van der Waals surface area contributed by atoms with Gasteiger partial charge < -0.3 is 14.0 Å². The zero-order chi connectivity index (χ0) is 15.7. The van der Waals surface area contributed by atoms with Crippen molar-refractivity contribution in [3.8, 4) is 11.4 Å². The molecule has 2 aromatic rings. The molecule has 4 nitrogen and oxygen atoms in total. The van der Waals surface area contributed by atoms with Crippen LogP contribution in [0.15, 0.2) is 30.5 Å². The molecule has 7 heteroatoms. The van der Waals surface area contributed by atoms with Gasteiger partial charge in [0, 0.05) is 18.9 Å². The Hall–Kier alpha value is -1.86. The second-order valence-corrected chi connectivity index (χ2v) is 5.18. The molecule has 0 spiro atoms. The first kappa shape index (κ1) is 15.1. The molecule has 1 aliphatic heterocycles. The van der Waals surface area contributed by atoms with Crippen molar-refractivity contribution in [2.24, 2.45) is 0 Å². The molecule has 0 N–H and O–H groups in total. The Morgan fingerprint density at radius 3 is 2.45 bits per heavy atom. The quantitative estimate of drug-likeness (QED) is 0.869. The molecule has 0 saturated carbocycles. The minimum absolute atomic E-state index is 0.0998. The first-order chi connectivity index (χ1) is 10.5. The van der Waals surface area contributed by atoms with Gasteiger partial charge in [0.05, 0.1) is 25.9 Å². The molecular weight excluding hydrogens is 297 g/mol. The Balaban J connectivity index is 1.98. The first-order valence-corrected chi connectivity index (χ1v) is 6.81. The van der Waals surface area contributed by atoms with Crippen LogP contribution in [0.5, 0.6) is 0 Å². The van der Waals surface area contributed by atoms with Crippen molar-refractivity contribution in [1.82, 2.24) is 9.55 Å². The van der Waals surface area contributed by atoms with Crippen molar-refractivity contribution in [3.05, 3.63) is 41.7 Å². The number of rotatable bonds is 4. The summed E-state index contributed by atoms with van der Waals surface area (Å²) >= 11 is 0. The number of hydrogen-bond acceptors (Lipinski definition) is 3. The van der Waals surface area contributed by atoms with E-state index >= 15 is 0 Å². The highest BCUT2D eigenvalue weighted by Crippen LogP contribution is 2.34. The molecule has 2 heterocycles. The second-order valence-electron chi connectivity index (χ2n) is 5.18. The van der Waals surface area contributed by atoms with Gasteiger partial charge >= 0.3 is 6.18 Å². The molecule has 0 aliphatic carbocycles. The zero-order valence-electron chi connectivity index (χ0n) is 11.9. The lowest BCUT2D eigenvalue weighted by atomic mass is 10.1. The van der Waals surface area contributed by atoms with Crippen LogP contribution in [-0.2, 0) is 22.3 Å². The minimum atomic E-state index is -4.46. The second kappa shape index (κ2) is 5.73. The lowest BCUT2D eigenvalue weighted by Crippen LogP contribution is -2.30. The van der Waals surface area contributed by atoms with E-state index < -0.39 is 11.9 Å². The predicted octanol–water partition coefficient (Wildman–Crippen LogP) is 3.29. The smallest absolute Gasteiger partial charge is 0.380 e. The maximum atomic E-state index is 12.9. The normalized spacial score (nSPS) is 15.8. The molecular formula is C15H15F3N2O2. The summed E-state index contributed by atoms with van der Waals surface area (Å²) in [6, 6.07) is 7.06. The average molecular weight is 312 g/mol. The molecule has 1 aromatic heterocycles. The van der Waals surface area contributed by atoms with Gasteiger partial charge in [-0.25, -0.2) is 4.98 Å². The summed E-state index contributed by atoms with van der Waals surface area (Å²) in [5, 5.41) is 0. The molecule has 1 saturated heterocycles. The summed E-state index contributed by atoms with van der Waals surface area (Å²) in [7, 11) is 1.59. The van der Waals surface area contributed by atoms with Gasteiger partial charge in [-0.2, -0.15) is 13.2 Å². The Morgan fingerprint density at radius 2 is 1.95 bits per heavy atom. The number of aromatic nitrogens is 2. The van der Waals surface area contributed by atoms with Crippen LogP contribution in [0.1, 0.15) is 17.3 Å². The highest BCUT2D eigenvalue weighted by Gasteiger charge is 2.36. The number of nitrogens with zero attached hydrogens (tertiary/aromatic N) is 2. The highest BCUT2D eigenvalue weighted by molar-refractivity contribution is 5.57. The van der Waals surface area contributed by atoms with E-state index in [1.54, 1.807) is 23.8 Å². The molecule has 1 aliphatic rings. The summed E-state index contributed by atoms with van der Waals surface area (Å²) in [6.07, 6.45) is -3.40. The van der Waals surface area contributed by atoms with Crippen molar-refractivity contribution < 1.29 is 22.6 Å². The summed E-state index contributed by atoms with van der Waals surface area (Å²) in [4.78, 5) is 3.78. The number of halogens is 3. The monoisotopic (exact) mass is 312 g/mol. The van der Waals surface area contributed by atoms with Gasteiger partial charge in [0.2, 0.25) is 0 Å². The van der Waals surface area contributed by atoms with Gasteiger partial charge in [-0.05, 0) is 5.56 Å². The molecule has 0 bridgehead atoms. The van der Waals surface area contributed by atoms with E-state index in [4.69, 9.17) is 9.47 Å². The molecule has 0 unspecified atom stereocenters. The standard InChI is InChI=1S/C15H15F3N2O2/c1-21-7-10-2-4-11(5-3-10)14-19-13(15(16,17)18)6-20(14)12-8-22-9-12/h2-6,12H,7-9H2,1H3. The number of alkyl halides is 3. The number of ether oxygens (including phenoxy) is 2. The number of imidazole rings is 1. The third kappa shape index (κ3) is 2.86. The molecule has 3 rings (SSSR count). The fourth-order valence-electron chi connectivity index (χ4n) is 2.32. The fraction of sp³-hybridized carbons (Fsp3) is 0.400. The lowest BCUT2D eigenvalue weighted by Gasteiger charge is -2.28. The number of hydrogen-bond donors (Lipinski definition) is 0. The molecule has 0 amide bonds. The van der Waals surface area contributed by atoms with Crippen molar-refractivity contribution in [2.45, 2.75) is 18.8 Å². The topological polar surface area (TPSA) is 36.3 Å². The summed E-state index contributed by atoms with van der Waals surface area (Å²) in [5.74, 6) is 0.310. The number of benzene rings is 1. The molecule has 0 radical (unpaired) electrons. The number of methoxy groups -OCH3 is 1. The predicted molar refractivity (Wildman–Crippen MR) is 73.2 cm³/mol. The van der Waals surface area contributed by atoms with Gasteiger partial charge in [0.25, 0.3) is 0 Å². The van der Waals surface area contributed by atoms with E-state index in [1.165, 1.54) is 0 Å². The Morgan fingerprint density at radius 1 is 1.27 bits per heavy atom. The van der Waals surface area contributed by atoms with Gasteiger partial charge in [0.1, 0.15) is 5.82 Å². The maximum Gasteiger partial charge on any atom is 0.434 e. The van der Waals surface area contributed by atoms with Crippen LogP contribution in [0.3, 0.4) is 0 Å². The van der Waals surface area contributed by atoms with Crippen molar-refractivity contribution in [1.29, 1.82) is 0 Å². The van der Waals surface area contributed by atoms with E-state index in [9.17, 15) is 13.2 Å². The molecule has 22 heavy (non-hydrogen) atoms. The molecule has 1 aromatic carbocycles. The van der Waals surface area contributed by atoms with E-state index in [1.807, 2.05) is 12.1 Å². The first-order valence-electron chi connectivity index (χ1n) is 6.81. The van der Waals surface area contributed by atoms with E-state index in [0.29, 0.717) is 31.2 Å². The largest absolute Gasteiger partial charge is 0.434 e. The molecule has 1 fully saturated rings. The summed E-state index contributed by atoms with van der Waals surface area (Å²) in [6.45, 7) is 1.27. The minimum Gasteiger partial charge on any atom is -0.380 e. The maximum absolute atomic E-state index is 12.9. The Kier molecular flexibility index (Phi) is 3.92. The van der Waals surface area contributed by atoms with Crippen LogP contribution in [0.2, 0.25) is 0 Å². The van der Waals surface area contributed by atoms with Crippen LogP contribution in [0.4, 0.5) is 13.2 Å². The van der Waals surface area contributed by atoms with E-state index in [0.717, 1.165) is 11.8 Å². The summed E-state index contributed by atoms with van der Waals surface area (Å²) in [5.41, 5.74) is 0.713. The molecule has 0 atom stereocenters. The van der Waals surface area contributed by atoms with Crippen molar-refractivity contribution >= 4 is 0 Å². The van der Waals surface area contributed by atoms with Crippen molar-refractivity contribution in [3.63, 3.8) is 0 Å². The average Bonchev–Trinajstić information content (AvgIpc) is 2.83. The highest BCUT2D eigenvalue weighted by atomic mass is 19.4. The Bertz CT molecular complexity index is 646. The zero-order valence-corrected chi connectivity index (χ0v) is 11.9. The Labute approximate surface area is 125 Å². The third-order valence-electron chi connectivity index (χ3n) is 3.56. The van der Waals surface area contributed by atoms with E-state index in [2.05, 4.69) is 4.98 Å². The van der Waals surface area contributed by atoms with Gasteiger partial charge in [-0.1, -0.05) is 24.3 Å². The van der Waals surface area contributed by atoms with Crippen LogP contribution in [0, 0.1) is 0 Å². The van der Waals surface area contributed by atoms with Crippen LogP contribution in [0.25, 0.3) is 11.4 Å².